The summed E-state index contributed by atoms with van der Waals surface area (Å²) in [4.78, 5) is 0. The molecule has 0 fully saturated rings. The van der Waals surface area contributed by atoms with Gasteiger partial charge in [0.25, 0.3) is 0 Å². The maximum absolute atomic E-state index is 3.53. The summed E-state index contributed by atoms with van der Waals surface area (Å²) in [5.74, 6) is 0. The van der Waals surface area contributed by atoms with Crippen molar-refractivity contribution in [3.63, 3.8) is 0 Å². The van der Waals surface area contributed by atoms with Gasteiger partial charge in [-0.1, -0.05) is 29.8 Å². The smallest absolute Gasteiger partial charge is 0.188 e. The minimum Gasteiger partial charge on any atom is -0.188 e. The average Bonchev–Trinajstić information content (AvgIpc) is 2.25. The Morgan fingerprint density at radius 1 is 1.07 bits per heavy atom. The molecule has 2 aromatic rings. The molecule has 0 saturated heterocycles. The van der Waals surface area contributed by atoms with E-state index in [4.69, 9.17) is 0 Å². The zero-order valence-corrected chi connectivity index (χ0v) is 10.2. The quantitative estimate of drug-likeness (QED) is 0.579. The van der Waals surface area contributed by atoms with Gasteiger partial charge in [-0.25, -0.2) is 0 Å². The predicted molar refractivity (Wildman–Crippen MR) is 64.6 cm³/mol. The maximum atomic E-state index is 3.53. The van der Waals surface area contributed by atoms with E-state index in [2.05, 4.69) is 57.9 Å². The standard InChI is InChI=1S/C13H13BrN/c1-11-5-7-12(8-6-11)10-15-9-3-2-4-13(15)14/h2-9H,10H2,1H3/q+1. The van der Waals surface area contributed by atoms with Crippen LogP contribution in [0.5, 0.6) is 0 Å². The number of rotatable bonds is 2. The highest BCUT2D eigenvalue weighted by Gasteiger charge is 2.06. The molecule has 0 aliphatic heterocycles. The molecule has 15 heavy (non-hydrogen) atoms. The summed E-state index contributed by atoms with van der Waals surface area (Å²) in [6.45, 7) is 3.01. The van der Waals surface area contributed by atoms with Crippen LogP contribution in [0.1, 0.15) is 11.1 Å². The van der Waals surface area contributed by atoms with Gasteiger partial charge in [0.2, 0.25) is 4.60 Å². The van der Waals surface area contributed by atoms with Crippen LogP contribution in [0, 0.1) is 6.92 Å². The van der Waals surface area contributed by atoms with Crippen LogP contribution in [0.2, 0.25) is 0 Å². The minimum atomic E-state index is 0.904. The van der Waals surface area contributed by atoms with Gasteiger partial charge in [-0.2, -0.15) is 4.57 Å². The Balaban J connectivity index is 2.22. The molecule has 0 amide bonds. The van der Waals surface area contributed by atoms with Gasteiger partial charge in [-0.15, -0.1) is 0 Å². The van der Waals surface area contributed by atoms with Crippen molar-refractivity contribution in [3.05, 3.63) is 64.4 Å². The third kappa shape index (κ3) is 2.66. The van der Waals surface area contributed by atoms with Crippen molar-refractivity contribution in [1.29, 1.82) is 0 Å². The van der Waals surface area contributed by atoms with Gasteiger partial charge in [0.15, 0.2) is 12.7 Å². The monoisotopic (exact) mass is 262 g/mol. The lowest BCUT2D eigenvalue weighted by atomic mass is 10.1. The molecule has 2 rings (SSSR count). The summed E-state index contributed by atoms with van der Waals surface area (Å²) in [5, 5.41) is 0. The summed E-state index contributed by atoms with van der Waals surface area (Å²) in [5.41, 5.74) is 2.62. The van der Waals surface area contributed by atoms with E-state index in [1.807, 2.05) is 18.2 Å². The third-order valence-electron chi connectivity index (χ3n) is 2.36. The van der Waals surface area contributed by atoms with E-state index in [1.165, 1.54) is 11.1 Å². The average molecular weight is 263 g/mol. The summed E-state index contributed by atoms with van der Waals surface area (Å²) in [6.07, 6.45) is 2.07. The van der Waals surface area contributed by atoms with E-state index in [0.29, 0.717) is 0 Å². The van der Waals surface area contributed by atoms with Crippen LogP contribution in [0.15, 0.2) is 53.3 Å². The first-order valence-electron chi connectivity index (χ1n) is 4.95. The summed E-state index contributed by atoms with van der Waals surface area (Å²) >= 11 is 3.53. The fourth-order valence-electron chi connectivity index (χ4n) is 1.47. The first-order chi connectivity index (χ1) is 7.25. The molecule has 1 heterocycles. The van der Waals surface area contributed by atoms with E-state index >= 15 is 0 Å². The molecule has 1 aromatic heterocycles. The Bertz CT molecular complexity index is 448. The molecule has 0 unspecified atom stereocenters. The molecule has 0 atom stereocenters. The van der Waals surface area contributed by atoms with Crippen molar-refractivity contribution in [3.8, 4) is 0 Å². The van der Waals surface area contributed by atoms with E-state index in [0.717, 1.165) is 11.1 Å². The summed E-state index contributed by atoms with van der Waals surface area (Å²) in [7, 11) is 0. The van der Waals surface area contributed by atoms with Crippen LogP contribution in [0.25, 0.3) is 0 Å². The SMILES string of the molecule is Cc1ccc(C[n+]2ccccc2Br)cc1. The zero-order valence-electron chi connectivity index (χ0n) is 8.65. The highest BCUT2D eigenvalue weighted by molar-refractivity contribution is 9.10. The number of nitrogens with zero attached hydrogens (tertiary/aromatic N) is 1. The van der Waals surface area contributed by atoms with E-state index in [1.54, 1.807) is 0 Å². The van der Waals surface area contributed by atoms with Crippen molar-refractivity contribution in [2.24, 2.45) is 0 Å². The van der Waals surface area contributed by atoms with Gasteiger partial charge in [-0.3, -0.25) is 0 Å². The van der Waals surface area contributed by atoms with Gasteiger partial charge in [0.1, 0.15) is 0 Å². The Kier molecular flexibility index (Phi) is 3.17. The number of halogens is 1. The molecule has 1 aromatic carbocycles. The van der Waals surface area contributed by atoms with E-state index in [9.17, 15) is 0 Å². The number of benzene rings is 1. The van der Waals surface area contributed by atoms with Crippen LogP contribution >= 0.6 is 15.9 Å². The van der Waals surface area contributed by atoms with E-state index < -0.39 is 0 Å². The molecule has 1 nitrogen and oxygen atoms in total. The number of hydrogen-bond acceptors (Lipinski definition) is 0. The van der Waals surface area contributed by atoms with Crippen LogP contribution < -0.4 is 4.57 Å². The Morgan fingerprint density at radius 2 is 1.80 bits per heavy atom. The second-order valence-corrected chi connectivity index (χ2v) is 4.45. The molecule has 0 spiro atoms. The van der Waals surface area contributed by atoms with Gasteiger partial charge >= 0.3 is 0 Å². The summed E-state index contributed by atoms with van der Waals surface area (Å²) < 4.78 is 3.27. The van der Waals surface area contributed by atoms with Crippen LogP contribution in [0.3, 0.4) is 0 Å². The maximum Gasteiger partial charge on any atom is 0.248 e. The Hall–Kier alpha value is -1.15. The number of hydrogen-bond donors (Lipinski definition) is 0. The second kappa shape index (κ2) is 4.58. The fourth-order valence-corrected chi connectivity index (χ4v) is 1.87. The molecule has 0 radical (unpaired) electrons. The Labute approximate surface area is 98.5 Å². The molecule has 0 aliphatic rings. The number of aryl methyl sites for hydroxylation is 1. The van der Waals surface area contributed by atoms with Crippen molar-refractivity contribution < 1.29 is 4.57 Å². The lowest BCUT2D eigenvalue weighted by Gasteiger charge is -2.00. The highest BCUT2D eigenvalue weighted by atomic mass is 79.9. The van der Waals surface area contributed by atoms with Gasteiger partial charge in [0.05, 0.1) is 0 Å². The topological polar surface area (TPSA) is 3.88 Å². The molecular weight excluding hydrogens is 250 g/mol. The minimum absolute atomic E-state index is 0.904. The molecule has 0 N–H and O–H groups in total. The molecular formula is C13H13BrN+. The number of aromatic nitrogens is 1. The molecule has 0 aliphatic carbocycles. The van der Waals surface area contributed by atoms with Crippen LogP contribution in [-0.2, 0) is 6.54 Å². The molecule has 0 saturated carbocycles. The zero-order chi connectivity index (χ0) is 10.7. The predicted octanol–water partition coefficient (Wildman–Crippen LogP) is 3.09. The largest absolute Gasteiger partial charge is 0.248 e. The molecule has 76 valence electrons. The van der Waals surface area contributed by atoms with Crippen molar-refractivity contribution >= 4 is 15.9 Å². The third-order valence-corrected chi connectivity index (χ3v) is 3.08. The fraction of sp³-hybridized carbons (Fsp3) is 0.154. The molecule has 0 bridgehead atoms. The first-order valence-corrected chi connectivity index (χ1v) is 5.74. The van der Waals surface area contributed by atoms with E-state index in [-0.39, 0.29) is 0 Å². The lowest BCUT2D eigenvalue weighted by molar-refractivity contribution is -0.699. The van der Waals surface area contributed by atoms with Crippen molar-refractivity contribution in [1.82, 2.24) is 0 Å². The van der Waals surface area contributed by atoms with Crippen molar-refractivity contribution in [2.45, 2.75) is 13.5 Å². The second-order valence-electron chi connectivity index (χ2n) is 3.64. The summed E-state index contributed by atoms with van der Waals surface area (Å²) in [6, 6.07) is 14.7. The van der Waals surface area contributed by atoms with Gasteiger partial charge in [-0.05, 0) is 13.0 Å². The van der Waals surface area contributed by atoms with Gasteiger partial charge < -0.3 is 0 Å². The normalized spacial score (nSPS) is 10.3. The molecule has 2 heteroatoms. The Morgan fingerprint density at radius 3 is 2.47 bits per heavy atom. The van der Waals surface area contributed by atoms with Crippen LogP contribution in [-0.4, -0.2) is 0 Å². The van der Waals surface area contributed by atoms with Crippen molar-refractivity contribution in [2.75, 3.05) is 0 Å². The highest BCUT2D eigenvalue weighted by Crippen LogP contribution is 2.05. The van der Waals surface area contributed by atoms with Gasteiger partial charge in [0, 0.05) is 33.6 Å². The van der Waals surface area contributed by atoms with Crippen LogP contribution in [0.4, 0.5) is 0 Å². The lowest BCUT2D eigenvalue weighted by Crippen LogP contribution is -2.35. The number of pyridine rings is 1. The first kappa shape index (κ1) is 10.4.